The van der Waals surface area contributed by atoms with Gasteiger partial charge in [0.05, 0.1) is 12.7 Å². The molecule has 3 heterocycles. The molecule has 1 aliphatic heterocycles. The van der Waals surface area contributed by atoms with Crippen molar-refractivity contribution < 1.29 is 13.2 Å². The van der Waals surface area contributed by atoms with E-state index in [0.29, 0.717) is 25.0 Å². The third-order valence-corrected chi connectivity index (χ3v) is 4.46. The fourth-order valence-electron chi connectivity index (χ4n) is 3.25. The van der Waals surface area contributed by atoms with Gasteiger partial charge in [0.15, 0.2) is 0 Å². The lowest BCUT2D eigenvalue weighted by atomic mass is 9.97. The second-order valence-electron chi connectivity index (χ2n) is 6.60. The monoisotopic (exact) mass is 341 g/mol. The quantitative estimate of drug-likeness (QED) is 0.925. The summed E-state index contributed by atoms with van der Waals surface area (Å²) in [5.74, 6) is 1.41. The van der Waals surface area contributed by atoms with Gasteiger partial charge in [0.1, 0.15) is 17.3 Å². The molecule has 0 radical (unpaired) electrons. The average molecular weight is 341 g/mol. The summed E-state index contributed by atoms with van der Waals surface area (Å²) in [6.07, 6.45) is 2.05. The summed E-state index contributed by atoms with van der Waals surface area (Å²) in [5, 5.41) is 0. The van der Waals surface area contributed by atoms with Gasteiger partial charge in [-0.1, -0.05) is 0 Å². The molecule has 3 rings (SSSR count). The molecule has 8 heteroatoms. The number of likely N-dealkylation sites (tertiary alicyclic amines) is 1. The van der Waals surface area contributed by atoms with Crippen molar-refractivity contribution in [3.05, 3.63) is 35.9 Å². The lowest BCUT2D eigenvalue weighted by Gasteiger charge is -2.31. The van der Waals surface area contributed by atoms with Crippen LogP contribution in [0.4, 0.5) is 13.2 Å². The van der Waals surface area contributed by atoms with Crippen LogP contribution in [0.1, 0.15) is 56.0 Å². The van der Waals surface area contributed by atoms with Crippen molar-refractivity contribution in [2.45, 2.75) is 51.4 Å². The molecule has 2 aromatic heterocycles. The number of hydrogen-bond donors (Lipinski definition) is 1. The molecule has 1 saturated heterocycles. The van der Waals surface area contributed by atoms with Crippen molar-refractivity contribution in [3.8, 4) is 0 Å². The Balaban J connectivity index is 1.68. The van der Waals surface area contributed by atoms with Crippen LogP contribution in [0.15, 0.2) is 18.6 Å². The van der Waals surface area contributed by atoms with E-state index in [-0.39, 0.29) is 5.92 Å². The number of rotatable bonds is 4. The predicted molar refractivity (Wildman–Crippen MR) is 83.5 cm³/mol. The number of halogens is 3. The van der Waals surface area contributed by atoms with E-state index < -0.39 is 11.9 Å². The van der Waals surface area contributed by atoms with Crippen LogP contribution < -0.4 is 0 Å². The number of alkyl halides is 3. The molecule has 1 unspecified atom stereocenters. The lowest BCUT2D eigenvalue weighted by molar-refractivity contribution is -0.141. The van der Waals surface area contributed by atoms with Gasteiger partial charge >= 0.3 is 6.18 Å². The first-order valence-electron chi connectivity index (χ1n) is 8.20. The van der Waals surface area contributed by atoms with Gasteiger partial charge in [0, 0.05) is 30.9 Å². The van der Waals surface area contributed by atoms with Crippen LogP contribution in [0.25, 0.3) is 0 Å². The van der Waals surface area contributed by atoms with Gasteiger partial charge in [-0.2, -0.15) is 13.2 Å². The predicted octanol–water partition coefficient (Wildman–Crippen LogP) is 3.59. The largest absolute Gasteiger partial charge is 0.432 e. The summed E-state index contributed by atoms with van der Waals surface area (Å²) < 4.78 is 40.3. The molecule has 2 aromatic rings. The maximum absolute atomic E-state index is 12.7. The van der Waals surface area contributed by atoms with Crippen LogP contribution in [0.3, 0.4) is 0 Å². The van der Waals surface area contributed by atoms with E-state index in [1.54, 1.807) is 6.20 Å². The third kappa shape index (κ3) is 3.63. The maximum atomic E-state index is 12.7. The fraction of sp³-hybridized carbons (Fsp3) is 0.625. The van der Waals surface area contributed by atoms with Crippen LogP contribution in [-0.4, -0.2) is 37.5 Å². The Morgan fingerprint density at radius 1 is 1.33 bits per heavy atom. The first-order valence-corrected chi connectivity index (χ1v) is 8.20. The number of imidazole rings is 2. The smallest absolute Gasteiger partial charge is 0.338 e. The van der Waals surface area contributed by atoms with Gasteiger partial charge < -0.3 is 9.55 Å². The molecule has 24 heavy (non-hydrogen) atoms. The highest BCUT2D eigenvalue weighted by atomic mass is 19.4. The second-order valence-corrected chi connectivity index (χ2v) is 6.60. The van der Waals surface area contributed by atoms with Crippen molar-refractivity contribution >= 4 is 0 Å². The molecule has 0 saturated carbocycles. The standard InChI is InChI=1S/C16H22F3N5/c1-11(2)24-7-5-20-14(24)10-23-6-3-4-12(9-23)15-21-8-13(22-15)16(17,18)19/h5,7-8,11-12H,3-4,6,9-10H2,1-2H3,(H,21,22). The first kappa shape index (κ1) is 17.0. The number of nitrogens with zero attached hydrogens (tertiary/aromatic N) is 4. The number of hydrogen-bond acceptors (Lipinski definition) is 3. The van der Waals surface area contributed by atoms with Crippen molar-refractivity contribution in [2.24, 2.45) is 0 Å². The SMILES string of the molecule is CC(C)n1ccnc1CN1CCCC(c2ncc(C(F)(F)F)[nH]2)C1. The van der Waals surface area contributed by atoms with Crippen LogP contribution in [0.5, 0.6) is 0 Å². The summed E-state index contributed by atoms with van der Waals surface area (Å²) >= 11 is 0. The topological polar surface area (TPSA) is 49.7 Å². The van der Waals surface area contributed by atoms with Gasteiger partial charge in [-0.15, -0.1) is 0 Å². The van der Waals surface area contributed by atoms with Crippen molar-refractivity contribution in [1.82, 2.24) is 24.4 Å². The number of aromatic nitrogens is 4. The Kier molecular flexibility index (Phi) is 4.67. The van der Waals surface area contributed by atoms with E-state index in [4.69, 9.17) is 0 Å². The maximum Gasteiger partial charge on any atom is 0.432 e. The van der Waals surface area contributed by atoms with Gasteiger partial charge in [-0.3, -0.25) is 4.90 Å². The Bertz CT molecular complexity index is 673. The van der Waals surface area contributed by atoms with E-state index in [2.05, 4.69) is 38.3 Å². The fourth-order valence-corrected chi connectivity index (χ4v) is 3.25. The molecule has 0 aromatic carbocycles. The van der Waals surface area contributed by atoms with Crippen LogP contribution in [0, 0.1) is 0 Å². The molecule has 0 bridgehead atoms. The number of aromatic amines is 1. The van der Waals surface area contributed by atoms with E-state index in [1.807, 2.05) is 6.20 Å². The highest BCUT2D eigenvalue weighted by molar-refractivity contribution is 5.10. The molecule has 132 valence electrons. The normalized spacial score (nSPS) is 20.0. The molecule has 0 amide bonds. The van der Waals surface area contributed by atoms with E-state index in [1.165, 1.54) is 0 Å². The highest BCUT2D eigenvalue weighted by Crippen LogP contribution is 2.31. The zero-order valence-electron chi connectivity index (χ0n) is 13.8. The summed E-state index contributed by atoms with van der Waals surface area (Å²) in [6.45, 7) is 6.52. The minimum atomic E-state index is -4.37. The highest BCUT2D eigenvalue weighted by Gasteiger charge is 2.34. The average Bonchev–Trinajstić information content (AvgIpc) is 3.16. The summed E-state index contributed by atoms with van der Waals surface area (Å²) in [6, 6.07) is 0.336. The Morgan fingerprint density at radius 2 is 2.12 bits per heavy atom. The molecular formula is C16H22F3N5. The van der Waals surface area contributed by atoms with Gasteiger partial charge in [-0.25, -0.2) is 9.97 Å². The molecular weight excluding hydrogens is 319 g/mol. The Labute approximate surface area is 138 Å². The zero-order chi connectivity index (χ0) is 17.3. The minimum absolute atomic E-state index is 0.00249. The van der Waals surface area contributed by atoms with Crippen LogP contribution in [-0.2, 0) is 12.7 Å². The van der Waals surface area contributed by atoms with E-state index >= 15 is 0 Å². The summed E-state index contributed by atoms with van der Waals surface area (Å²) in [4.78, 5) is 13.1. The van der Waals surface area contributed by atoms with Gasteiger partial charge in [0.2, 0.25) is 0 Å². The second kappa shape index (κ2) is 6.58. The number of H-pyrrole nitrogens is 1. The molecule has 1 N–H and O–H groups in total. The first-order chi connectivity index (χ1) is 11.3. The number of nitrogens with one attached hydrogen (secondary N) is 1. The van der Waals surface area contributed by atoms with Crippen molar-refractivity contribution in [3.63, 3.8) is 0 Å². The summed E-state index contributed by atoms with van der Waals surface area (Å²) in [5.41, 5.74) is -0.773. The minimum Gasteiger partial charge on any atom is -0.338 e. The van der Waals surface area contributed by atoms with Crippen molar-refractivity contribution in [1.29, 1.82) is 0 Å². The van der Waals surface area contributed by atoms with Gasteiger partial charge in [0.25, 0.3) is 0 Å². The lowest BCUT2D eigenvalue weighted by Crippen LogP contribution is -2.35. The van der Waals surface area contributed by atoms with Crippen LogP contribution >= 0.6 is 0 Å². The molecule has 0 aliphatic carbocycles. The van der Waals surface area contributed by atoms with E-state index in [9.17, 15) is 13.2 Å². The Hall–Kier alpha value is -1.83. The number of piperidine rings is 1. The molecule has 5 nitrogen and oxygen atoms in total. The third-order valence-electron chi connectivity index (χ3n) is 4.46. The molecule has 0 spiro atoms. The molecule has 1 fully saturated rings. The summed E-state index contributed by atoms with van der Waals surface area (Å²) in [7, 11) is 0. The van der Waals surface area contributed by atoms with Crippen molar-refractivity contribution in [2.75, 3.05) is 13.1 Å². The van der Waals surface area contributed by atoms with E-state index in [0.717, 1.165) is 31.4 Å². The van der Waals surface area contributed by atoms with Gasteiger partial charge in [-0.05, 0) is 33.2 Å². The Morgan fingerprint density at radius 3 is 2.79 bits per heavy atom. The zero-order valence-corrected chi connectivity index (χ0v) is 13.8. The molecule has 1 atom stereocenters. The van der Waals surface area contributed by atoms with Crippen LogP contribution in [0.2, 0.25) is 0 Å². The molecule has 1 aliphatic rings.